The molecule has 5 heteroatoms. The Balaban J connectivity index is 2.55. The van der Waals surface area contributed by atoms with Gasteiger partial charge in [0.1, 0.15) is 11.4 Å². The number of carbonyl (C=O) groups is 2. The molecule has 0 bridgehead atoms. The van der Waals surface area contributed by atoms with Crippen LogP contribution in [0.5, 0.6) is 0 Å². The minimum absolute atomic E-state index is 0.240. The summed E-state index contributed by atoms with van der Waals surface area (Å²) in [6.07, 6.45) is -0.103. The lowest BCUT2D eigenvalue weighted by Crippen LogP contribution is -2.32. The van der Waals surface area contributed by atoms with Gasteiger partial charge in [-0.05, 0) is 45.9 Å². The normalized spacial score (nSPS) is 10.4. The van der Waals surface area contributed by atoms with E-state index in [2.05, 4.69) is 17.2 Å². The molecule has 0 unspecified atom stereocenters. The van der Waals surface area contributed by atoms with Gasteiger partial charge < -0.3 is 10.1 Å². The maximum atomic E-state index is 13.1. The molecule has 0 fully saturated rings. The number of nitrogens with one attached hydrogen (secondary N) is 1. The van der Waals surface area contributed by atoms with Crippen LogP contribution in [0.1, 0.15) is 50.0 Å². The molecule has 0 spiro atoms. The Kier molecular flexibility index (Phi) is 6.11. The molecule has 0 aliphatic carbocycles. The van der Waals surface area contributed by atoms with Crippen molar-refractivity contribution in [2.75, 3.05) is 6.54 Å². The minimum atomic E-state index is -0.541. The maximum Gasteiger partial charge on any atom is 0.407 e. The molecule has 0 aliphatic rings. The summed E-state index contributed by atoms with van der Waals surface area (Å²) in [6.45, 7) is 7.04. The molecule has 0 aliphatic heterocycles. The summed E-state index contributed by atoms with van der Waals surface area (Å²) in [6, 6.07) is 3.90. The number of ketones is 1. The van der Waals surface area contributed by atoms with Crippen molar-refractivity contribution in [3.05, 3.63) is 35.1 Å². The van der Waals surface area contributed by atoms with E-state index in [0.717, 1.165) is 0 Å². The predicted octanol–water partition coefficient (Wildman–Crippen LogP) is 3.29. The molecule has 118 valence electrons. The summed E-state index contributed by atoms with van der Waals surface area (Å²) in [5.74, 6) is 4.94. The SMILES string of the molecule is CC(=O)c1cc(F)ccc1C#CCCNC(=O)OC(C)(C)C. The van der Waals surface area contributed by atoms with Crippen molar-refractivity contribution in [2.24, 2.45) is 0 Å². The molecule has 0 radical (unpaired) electrons. The highest BCUT2D eigenvalue weighted by Gasteiger charge is 2.15. The summed E-state index contributed by atoms with van der Waals surface area (Å²) in [5, 5.41) is 2.58. The highest BCUT2D eigenvalue weighted by molar-refractivity contribution is 5.96. The van der Waals surface area contributed by atoms with Crippen LogP contribution in [0.3, 0.4) is 0 Å². The standard InChI is InChI=1S/C17H20FNO3/c1-12(20)15-11-14(18)9-8-13(15)7-5-6-10-19-16(21)22-17(2,3)4/h8-9,11H,6,10H2,1-4H3,(H,19,21). The zero-order chi connectivity index (χ0) is 16.8. The first-order valence-electron chi connectivity index (χ1n) is 6.95. The smallest absolute Gasteiger partial charge is 0.407 e. The van der Waals surface area contributed by atoms with Crippen LogP contribution in [0.15, 0.2) is 18.2 Å². The summed E-state index contributed by atoms with van der Waals surface area (Å²) in [5.41, 5.74) is 0.194. The van der Waals surface area contributed by atoms with E-state index in [1.165, 1.54) is 25.1 Å². The molecule has 1 rings (SSSR count). The third-order valence-electron chi connectivity index (χ3n) is 2.50. The number of hydrogen-bond acceptors (Lipinski definition) is 3. The number of alkyl carbamates (subject to hydrolysis) is 1. The van der Waals surface area contributed by atoms with Crippen LogP contribution in [-0.2, 0) is 4.74 Å². The fourth-order valence-electron chi connectivity index (χ4n) is 1.62. The molecule has 1 amide bonds. The lowest BCUT2D eigenvalue weighted by molar-refractivity contribution is 0.0529. The van der Waals surface area contributed by atoms with E-state index < -0.39 is 17.5 Å². The van der Waals surface area contributed by atoms with E-state index in [4.69, 9.17) is 4.74 Å². The first-order valence-corrected chi connectivity index (χ1v) is 6.95. The van der Waals surface area contributed by atoms with Crippen molar-refractivity contribution < 1.29 is 18.7 Å². The zero-order valence-corrected chi connectivity index (χ0v) is 13.2. The average Bonchev–Trinajstić information content (AvgIpc) is 2.37. The van der Waals surface area contributed by atoms with Crippen molar-refractivity contribution in [1.82, 2.24) is 5.32 Å². The number of benzene rings is 1. The van der Waals surface area contributed by atoms with Crippen LogP contribution in [0, 0.1) is 17.7 Å². The second-order valence-electron chi connectivity index (χ2n) is 5.73. The van der Waals surface area contributed by atoms with Crippen molar-refractivity contribution in [1.29, 1.82) is 0 Å². The Morgan fingerprint density at radius 3 is 2.59 bits per heavy atom. The van der Waals surface area contributed by atoms with Crippen LogP contribution in [0.4, 0.5) is 9.18 Å². The summed E-state index contributed by atoms with van der Waals surface area (Å²) in [7, 11) is 0. The van der Waals surface area contributed by atoms with Gasteiger partial charge >= 0.3 is 6.09 Å². The van der Waals surface area contributed by atoms with Crippen molar-refractivity contribution in [3.63, 3.8) is 0 Å². The van der Waals surface area contributed by atoms with Crippen molar-refractivity contribution >= 4 is 11.9 Å². The Morgan fingerprint density at radius 1 is 1.32 bits per heavy atom. The van der Waals surface area contributed by atoms with Crippen molar-refractivity contribution in [3.8, 4) is 11.8 Å². The highest BCUT2D eigenvalue weighted by Crippen LogP contribution is 2.11. The number of rotatable bonds is 3. The van der Waals surface area contributed by atoms with Crippen LogP contribution >= 0.6 is 0 Å². The van der Waals surface area contributed by atoms with Gasteiger partial charge in [-0.15, -0.1) is 0 Å². The van der Waals surface area contributed by atoms with Crippen LogP contribution in [0.25, 0.3) is 0 Å². The molecule has 4 nitrogen and oxygen atoms in total. The Labute approximate surface area is 130 Å². The first kappa shape index (κ1) is 17.7. The van der Waals surface area contributed by atoms with E-state index in [1.54, 1.807) is 20.8 Å². The van der Waals surface area contributed by atoms with E-state index in [-0.39, 0.29) is 11.3 Å². The largest absolute Gasteiger partial charge is 0.444 e. The number of carbonyl (C=O) groups excluding carboxylic acids is 2. The van der Waals surface area contributed by atoms with E-state index in [0.29, 0.717) is 18.5 Å². The van der Waals surface area contributed by atoms with E-state index in [1.807, 2.05) is 0 Å². The van der Waals surface area contributed by atoms with Gasteiger partial charge in [0.15, 0.2) is 5.78 Å². The Bertz CT molecular complexity index is 621. The summed E-state index contributed by atoms with van der Waals surface area (Å²) in [4.78, 5) is 22.8. The van der Waals surface area contributed by atoms with Gasteiger partial charge in [-0.25, -0.2) is 9.18 Å². The molecule has 0 saturated heterocycles. The third-order valence-corrected chi connectivity index (χ3v) is 2.50. The predicted molar refractivity (Wildman–Crippen MR) is 82.1 cm³/mol. The molecule has 0 saturated carbocycles. The lowest BCUT2D eigenvalue weighted by atomic mass is 10.0. The fourth-order valence-corrected chi connectivity index (χ4v) is 1.62. The molecule has 1 N–H and O–H groups in total. The monoisotopic (exact) mass is 305 g/mol. The van der Waals surface area contributed by atoms with Crippen LogP contribution in [0.2, 0.25) is 0 Å². The van der Waals surface area contributed by atoms with Gasteiger partial charge in [0.05, 0.1) is 0 Å². The number of Topliss-reactive ketones (excluding diaryl/α,β-unsaturated/α-hetero) is 1. The average molecular weight is 305 g/mol. The quantitative estimate of drug-likeness (QED) is 0.529. The second-order valence-corrected chi connectivity index (χ2v) is 5.73. The van der Waals surface area contributed by atoms with Gasteiger partial charge in [0.25, 0.3) is 0 Å². The van der Waals surface area contributed by atoms with E-state index >= 15 is 0 Å². The summed E-state index contributed by atoms with van der Waals surface area (Å²) < 4.78 is 18.2. The fraction of sp³-hybridized carbons (Fsp3) is 0.412. The van der Waals surface area contributed by atoms with Gasteiger partial charge in [0, 0.05) is 24.1 Å². The Morgan fingerprint density at radius 2 is 2.00 bits per heavy atom. The highest BCUT2D eigenvalue weighted by atomic mass is 19.1. The van der Waals surface area contributed by atoms with Crippen LogP contribution < -0.4 is 5.32 Å². The molecule has 0 aromatic heterocycles. The third kappa shape index (κ3) is 6.40. The van der Waals surface area contributed by atoms with E-state index in [9.17, 15) is 14.0 Å². The molecule has 22 heavy (non-hydrogen) atoms. The molecule has 0 heterocycles. The maximum absolute atomic E-state index is 13.1. The lowest BCUT2D eigenvalue weighted by Gasteiger charge is -2.19. The van der Waals surface area contributed by atoms with Gasteiger partial charge in [-0.2, -0.15) is 0 Å². The molecule has 1 aromatic rings. The molecular weight excluding hydrogens is 285 g/mol. The topological polar surface area (TPSA) is 55.4 Å². The molecule has 0 atom stereocenters. The van der Waals surface area contributed by atoms with Gasteiger partial charge in [-0.1, -0.05) is 11.8 Å². The number of halogens is 1. The summed E-state index contributed by atoms with van der Waals surface area (Å²) >= 11 is 0. The van der Waals surface area contributed by atoms with Gasteiger partial charge in [0.2, 0.25) is 0 Å². The van der Waals surface area contributed by atoms with Crippen LogP contribution in [-0.4, -0.2) is 24.0 Å². The minimum Gasteiger partial charge on any atom is -0.444 e. The van der Waals surface area contributed by atoms with Crippen molar-refractivity contribution in [2.45, 2.75) is 39.7 Å². The number of ether oxygens (including phenoxy) is 1. The number of amides is 1. The molecular formula is C17H20FNO3. The van der Waals surface area contributed by atoms with Gasteiger partial charge in [-0.3, -0.25) is 4.79 Å². The zero-order valence-electron chi connectivity index (χ0n) is 13.2. The number of hydrogen-bond donors (Lipinski definition) is 1. The second kappa shape index (κ2) is 7.60. The molecule has 1 aromatic carbocycles. The Hall–Kier alpha value is -2.35. The first-order chi connectivity index (χ1) is 10.2.